The fourth-order valence-electron chi connectivity index (χ4n) is 1.37. The Bertz CT molecular complexity index is 287. The predicted molar refractivity (Wildman–Crippen MR) is 60.6 cm³/mol. The van der Waals surface area contributed by atoms with Gasteiger partial charge in [-0.25, -0.2) is 0 Å². The number of hydrogen-bond acceptors (Lipinski definition) is 3. The average Bonchev–Trinajstić information content (AvgIpc) is 2.42. The van der Waals surface area contributed by atoms with Crippen LogP contribution in [0.15, 0.2) is 35.8 Å². The van der Waals surface area contributed by atoms with Crippen LogP contribution in [-0.4, -0.2) is 12.3 Å². The van der Waals surface area contributed by atoms with Gasteiger partial charge in [0, 0.05) is 17.7 Å². The molecule has 0 saturated heterocycles. The first kappa shape index (κ1) is 9.71. The summed E-state index contributed by atoms with van der Waals surface area (Å²) in [5.41, 5.74) is 1.21. The molecule has 2 aliphatic rings. The van der Waals surface area contributed by atoms with Gasteiger partial charge in [-0.2, -0.15) is 0 Å². The van der Waals surface area contributed by atoms with Crippen LogP contribution in [0.25, 0.3) is 0 Å². The van der Waals surface area contributed by atoms with E-state index in [0.717, 1.165) is 23.8 Å². The van der Waals surface area contributed by atoms with Gasteiger partial charge in [0.15, 0.2) is 5.76 Å². The third kappa shape index (κ3) is 2.15. The van der Waals surface area contributed by atoms with Crippen LogP contribution in [0.5, 0.6) is 0 Å². The van der Waals surface area contributed by atoms with Crippen molar-refractivity contribution in [3.8, 4) is 0 Å². The first-order valence-corrected chi connectivity index (χ1v) is 5.75. The SMILES string of the molecule is CC1(C)C=CC2=C(C=C1)OSCCN2. The molecule has 0 saturated carbocycles. The van der Waals surface area contributed by atoms with Crippen molar-refractivity contribution in [1.29, 1.82) is 0 Å². The second-order valence-corrected chi connectivity index (χ2v) is 4.91. The summed E-state index contributed by atoms with van der Waals surface area (Å²) in [7, 11) is 0. The lowest BCUT2D eigenvalue weighted by atomic mass is 9.93. The molecule has 0 fully saturated rings. The number of nitrogens with one attached hydrogen (secondary N) is 1. The molecule has 0 amide bonds. The van der Waals surface area contributed by atoms with E-state index in [1.165, 1.54) is 12.0 Å². The van der Waals surface area contributed by atoms with Crippen LogP contribution >= 0.6 is 12.0 Å². The molecule has 0 aromatic rings. The van der Waals surface area contributed by atoms with E-state index in [4.69, 9.17) is 4.18 Å². The Labute approximate surface area is 89.3 Å². The van der Waals surface area contributed by atoms with E-state index in [9.17, 15) is 0 Å². The maximum absolute atomic E-state index is 5.58. The third-order valence-corrected chi connectivity index (χ3v) is 2.93. The molecule has 0 bridgehead atoms. The van der Waals surface area contributed by atoms with Crippen LogP contribution in [0, 0.1) is 5.41 Å². The second-order valence-electron chi connectivity index (χ2n) is 4.10. The molecule has 1 aliphatic heterocycles. The molecule has 0 radical (unpaired) electrons. The van der Waals surface area contributed by atoms with Crippen LogP contribution in [0.4, 0.5) is 0 Å². The zero-order valence-electron chi connectivity index (χ0n) is 8.54. The van der Waals surface area contributed by atoms with Gasteiger partial charge in [0.2, 0.25) is 0 Å². The zero-order chi connectivity index (χ0) is 10.0. The molecular weight excluding hydrogens is 194 g/mol. The average molecular weight is 209 g/mol. The molecule has 0 atom stereocenters. The van der Waals surface area contributed by atoms with Gasteiger partial charge in [0.25, 0.3) is 0 Å². The van der Waals surface area contributed by atoms with E-state index >= 15 is 0 Å². The Morgan fingerprint density at radius 2 is 2.14 bits per heavy atom. The molecule has 76 valence electrons. The number of hydrogen-bond donors (Lipinski definition) is 1. The maximum Gasteiger partial charge on any atom is 0.160 e. The largest absolute Gasteiger partial charge is 0.424 e. The number of allylic oxidation sites excluding steroid dienone is 4. The van der Waals surface area contributed by atoms with Crippen molar-refractivity contribution in [1.82, 2.24) is 5.32 Å². The molecule has 1 heterocycles. The van der Waals surface area contributed by atoms with E-state index in [1.807, 2.05) is 0 Å². The fraction of sp³-hybridized carbons (Fsp3) is 0.455. The van der Waals surface area contributed by atoms with Gasteiger partial charge in [-0.05, 0) is 12.2 Å². The first-order chi connectivity index (χ1) is 6.67. The van der Waals surface area contributed by atoms with Crippen molar-refractivity contribution in [3.05, 3.63) is 35.8 Å². The Kier molecular flexibility index (Phi) is 2.59. The summed E-state index contributed by atoms with van der Waals surface area (Å²) in [6.07, 6.45) is 8.53. The van der Waals surface area contributed by atoms with Gasteiger partial charge < -0.3 is 9.50 Å². The van der Waals surface area contributed by atoms with E-state index in [2.05, 4.69) is 43.5 Å². The summed E-state index contributed by atoms with van der Waals surface area (Å²) in [4.78, 5) is 0. The Morgan fingerprint density at radius 3 is 3.00 bits per heavy atom. The normalized spacial score (nSPS) is 24.4. The number of rotatable bonds is 0. The highest BCUT2D eigenvalue weighted by Crippen LogP contribution is 2.27. The molecular formula is C11H15NOS. The quantitative estimate of drug-likeness (QED) is 0.620. The molecule has 1 aliphatic carbocycles. The maximum atomic E-state index is 5.58. The van der Waals surface area contributed by atoms with Crippen molar-refractivity contribution in [2.45, 2.75) is 13.8 Å². The first-order valence-electron chi connectivity index (χ1n) is 4.83. The van der Waals surface area contributed by atoms with Crippen LogP contribution in [0.1, 0.15) is 13.8 Å². The molecule has 0 aromatic heterocycles. The Balaban J connectivity index is 2.29. The van der Waals surface area contributed by atoms with Gasteiger partial charge in [0.1, 0.15) is 0 Å². The predicted octanol–water partition coefficient (Wildman–Crippen LogP) is 2.62. The molecule has 2 nitrogen and oxygen atoms in total. The Morgan fingerprint density at radius 1 is 1.36 bits per heavy atom. The van der Waals surface area contributed by atoms with Gasteiger partial charge >= 0.3 is 0 Å². The minimum Gasteiger partial charge on any atom is -0.424 e. The van der Waals surface area contributed by atoms with Crippen molar-refractivity contribution in [2.24, 2.45) is 5.41 Å². The molecule has 1 N–H and O–H groups in total. The summed E-state index contributed by atoms with van der Waals surface area (Å²) in [5.74, 6) is 1.92. The summed E-state index contributed by atoms with van der Waals surface area (Å²) in [6.45, 7) is 5.32. The van der Waals surface area contributed by atoms with E-state index in [1.54, 1.807) is 0 Å². The van der Waals surface area contributed by atoms with Crippen LogP contribution in [0.3, 0.4) is 0 Å². The summed E-state index contributed by atoms with van der Waals surface area (Å²) < 4.78 is 5.58. The Hall–Kier alpha value is -0.830. The molecule has 3 heteroatoms. The lowest BCUT2D eigenvalue weighted by Crippen LogP contribution is -2.14. The highest BCUT2D eigenvalue weighted by molar-refractivity contribution is 7.94. The smallest absolute Gasteiger partial charge is 0.160 e. The van der Waals surface area contributed by atoms with Gasteiger partial charge in [0.05, 0.1) is 17.7 Å². The highest BCUT2D eigenvalue weighted by Gasteiger charge is 2.16. The van der Waals surface area contributed by atoms with Gasteiger partial charge in [-0.1, -0.05) is 26.0 Å². The van der Waals surface area contributed by atoms with E-state index in [0.29, 0.717) is 0 Å². The molecule has 0 aromatic carbocycles. The fourth-order valence-corrected chi connectivity index (χ4v) is 1.91. The summed E-state index contributed by atoms with van der Waals surface area (Å²) >= 11 is 1.51. The van der Waals surface area contributed by atoms with Crippen molar-refractivity contribution in [3.63, 3.8) is 0 Å². The van der Waals surface area contributed by atoms with Crippen LogP contribution < -0.4 is 5.32 Å². The van der Waals surface area contributed by atoms with Gasteiger partial charge in [-0.15, -0.1) is 0 Å². The summed E-state index contributed by atoms with van der Waals surface area (Å²) in [6, 6.07) is 0. The minimum absolute atomic E-state index is 0.113. The molecule has 2 rings (SSSR count). The topological polar surface area (TPSA) is 21.3 Å². The van der Waals surface area contributed by atoms with E-state index in [-0.39, 0.29) is 5.41 Å². The second kappa shape index (κ2) is 3.73. The van der Waals surface area contributed by atoms with E-state index < -0.39 is 0 Å². The lowest BCUT2D eigenvalue weighted by Gasteiger charge is -2.12. The zero-order valence-corrected chi connectivity index (χ0v) is 9.36. The third-order valence-electron chi connectivity index (χ3n) is 2.26. The molecule has 0 spiro atoms. The monoisotopic (exact) mass is 209 g/mol. The minimum atomic E-state index is 0.113. The van der Waals surface area contributed by atoms with Crippen LogP contribution in [-0.2, 0) is 4.18 Å². The standard InChI is InChI=1S/C11H15NOS/c1-11(2)5-3-9-10(4-6-11)13-14-8-7-12-9/h3-6,12H,7-8H2,1-2H3. The lowest BCUT2D eigenvalue weighted by molar-refractivity contribution is 0.515. The van der Waals surface area contributed by atoms with Crippen molar-refractivity contribution in [2.75, 3.05) is 12.3 Å². The molecule has 14 heavy (non-hydrogen) atoms. The van der Waals surface area contributed by atoms with Crippen LogP contribution in [0.2, 0.25) is 0 Å². The van der Waals surface area contributed by atoms with Crippen molar-refractivity contribution >= 4 is 12.0 Å². The van der Waals surface area contributed by atoms with Crippen molar-refractivity contribution < 1.29 is 4.18 Å². The summed E-state index contributed by atoms with van der Waals surface area (Å²) in [5, 5.41) is 3.36. The van der Waals surface area contributed by atoms with Gasteiger partial charge in [-0.3, -0.25) is 0 Å². The highest BCUT2D eigenvalue weighted by atomic mass is 32.2. The molecule has 0 unspecified atom stereocenters.